The van der Waals surface area contributed by atoms with E-state index in [0.29, 0.717) is 18.9 Å². The molecular formula is C22H28N6O. The summed E-state index contributed by atoms with van der Waals surface area (Å²) >= 11 is 0. The van der Waals surface area contributed by atoms with Crippen LogP contribution < -0.4 is 0 Å². The molecule has 0 saturated carbocycles. The number of aryl methyl sites for hydroxylation is 1. The van der Waals surface area contributed by atoms with Crippen LogP contribution in [0.25, 0.3) is 10.9 Å². The Bertz CT molecular complexity index is 1020. The average molecular weight is 393 g/mol. The molecule has 7 heteroatoms. The molecule has 1 aromatic carbocycles. The molecule has 1 N–H and O–H groups in total. The summed E-state index contributed by atoms with van der Waals surface area (Å²) in [6.07, 6.45) is 5.69. The number of aromatic amines is 1. The Kier molecular flexibility index (Phi) is 4.83. The summed E-state index contributed by atoms with van der Waals surface area (Å²) in [5.74, 6) is 2.69. The van der Waals surface area contributed by atoms with E-state index in [1.165, 1.54) is 23.8 Å². The monoisotopic (exact) mass is 392 g/mol. The Morgan fingerprint density at radius 1 is 1.21 bits per heavy atom. The lowest BCUT2D eigenvalue weighted by atomic mass is 9.97. The van der Waals surface area contributed by atoms with E-state index in [1.807, 2.05) is 23.2 Å². The zero-order chi connectivity index (χ0) is 19.8. The van der Waals surface area contributed by atoms with Crippen molar-refractivity contribution < 1.29 is 4.79 Å². The third-order valence-corrected chi connectivity index (χ3v) is 6.41. The van der Waals surface area contributed by atoms with E-state index in [9.17, 15) is 4.79 Å². The standard InChI is InChI=1S/C22H28N6O/c1-26-10-4-5-17(14-26)22-25-24-20-15-27(11-12-28(20)22)21(29)9-8-16-13-23-19-7-3-2-6-18(16)19/h2-3,6-7,13,17,23H,4-5,8-12,14-15H2,1H3/t17-/m1/s1. The van der Waals surface area contributed by atoms with Gasteiger partial charge in [0.15, 0.2) is 5.82 Å². The van der Waals surface area contributed by atoms with Gasteiger partial charge in [0, 0.05) is 49.1 Å². The van der Waals surface area contributed by atoms with Gasteiger partial charge < -0.3 is 19.4 Å². The van der Waals surface area contributed by atoms with Crippen molar-refractivity contribution in [2.45, 2.75) is 44.7 Å². The summed E-state index contributed by atoms with van der Waals surface area (Å²) in [6.45, 7) is 4.33. The van der Waals surface area contributed by atoms with Crippen molar-refractivity contribution >= 4 is 16.8 Å². The van der Waals surface area contributed by atoms with Crippen LogP contribution in [0.5, 0.6) is 0 Å². The molecule has 152 valence electrons. The molecule has 1 fully saturated rings. The lowest BCUT2D eigenvalue weighted by Gasteiger charge is -2.32. The topological polar surface area (TPSA) is 70.1 Å². The zero-order valence-electron chi connectivity index (χ0n) is 17.0. The fourth-order valence-electron chi connectivity index (χ4n) is 4.81. The fraction of sp³-hybridized carbons (Fsp3) is 0.500. The van der Waals surface area contributed by atoms with E-state index < -0.39 is 0 Å². The molecule has 4 heterocycles. The number of para-hydroxylation sites is 1. The number of amides is 1. The number of fused-ring (bicyclic) bond motifs is 2. The predicted molar refractivity (Wildman–Crippen MR) is 112 cm³/mol. The second kappa shape index (κ2) is 7.63. The molecule has 29 heavy (non-hydrogen) atoms. The van der Waals surface area contributed by atoms with Crippen molar-refractivity contribution in [2.75, 3.05) is 26.7 Å². The van der Waals surface area contributed by atoms with Gasteiger partial charge in [-0.3, -0.25) is 4.79 Å². The van der Waals surface area contributed by atoms with Crippen LogP contribution in [0, 0.1) is 0 Å². The molecule has 0 unspecified atom stereocenters. The lowest BCUT2D eigenvalue weighted by molar-refractivity contribution is -0.132. The van der Waals surface area contributed by atoms with Gasteiger partial charge in [0.25, 0.3) is 0 Å². The Morgan fingerprint density at radius 2 is 2.10 bits per heavy atom. The quantitative estimate of drug-likeness (QED) is 0.741. The molecule has 2 aromatic heterocycles. The van der Waals surface area contributed by atoms with Crippen LogP contribution in [0.3, 0.4) is 0 Å². The molecule has 2 aliphatic rings. The minimum atomic E-state index is 0.198. The number of benzene rings is 1. The highest BCUT2D eigenvalue weighted by Gasteiger charge is 2.29. The summed E-state index contributed by atoms with van der Waals surface area (Å²) in [5.41, 5.74) is 2.33. The Morgan fingerprint density at radius 3 is 3.00 bits per heavy atom. The number of rotatable bonds is 4. The van der Waals surface area contributed by atoms with Gasteiger partial charge in [0.1, 0.15) is 5.82 Å². The number of piperidine rings is 1. The van der Waals surface area contributed by atoms with Crippen LogP contribution >= 0.6 is 0 Å². The van der Waals surface area contributed by atoms with Gasteiger partial charge in [-0.15, -0.1) is 10.2 Å². The van der Waals surface area contributed by atoms with Crippen molar-refractivity contribution in [1.82, 2.24) is 29.5 Å². The van der Waals surface area contributed by atoms with Crippen LogP contribution in [-0.4, -0.2) is 62.1 Å². The number of carbonyl (C=O) groups is 1. The van der Waals surface area contributed by atoms with E-state index in [4.69, 9.17) is 0 Å². The number of aromatic nitrogens is 4. The SMILES string of the molecule is CN1CCC[C@@H](c2nnc3n2CCN(C(=O)CCc2c[nH]c4ccccc24)C3)C1. The van der Waals surface area contributed by atoms with E-state index >= 15 is 0 Å². The molecule has 7 nitrogen and oxygen atoms in total. The van der Waals surface area contributed by atoms with Gasteiger partial charge in [-0.1, -0.05) is 18.2 Å². The number of hydrogen-bond donors (Lipinski definition) is 1. The summed E-state index contributed by atoms with van der Waals surface area (Å²) in [6, 6.07) is 8.25. The predicted octanol–water partition coefficient (Wildman–Crippen LogP) is 2.54. The number of nitrogens with one attached hydrogen (secondary N) is 1. The first-order valence-corrected chi connectivity index (χ1v) is 10.6. The van der Waals surface area contributed by atoms with Gasteiger partial charge in [-0.25, -0.2) is 0 Å². The maximum Gasteiger partial charge on any atom is 0.223 e. The molecular weight excluding hydrogens is 364 g/mol. The number of nitrogens with zero attached hydrogens (tertiary/aromatic N) is 5. The third kappa shape index (κ3) is 3.55. The molecule has 0 radical (unpaired) electrons. The van der Waals surface area contributed by atoms with Crippen molar-refractivity contribution in [2.24, 2.45) is 0 Å². The smallest absolute Gasteiger partial charge is 0.223 e. The van der Waals surface area contributed by atoms with Crippen molar-refractivity contribution in [3.8, 4) is 0 Å². The van der Waals surface area contributed by atoms with Gasteiger partial charge >= 0.3 is 0 Å². The number of likely N-dealkylation sites (tertiary alicyclic amines) is 1. The minimum Gasteiger partial charge on any atom is -0.361 e. The van der Waals surface area contributed by atoms with Crippen LogP contribution in [0.2, 0.25) is 0 Å². The molecule has 1 atom stereocenters. The minimum absolute atomic E-state index is 0.198. The molecule has 2 aliphatic heterocycles. The molecule has 0 bridgehead atoms. The number of likely N-dealkylation sites (N-methyl/N-ethyl adjacent to an activating group) is 1. The molecule has 1 amide bonds. The van der Waals surface area contributed by atoms with Crippen molar-refractivity contribution in [3.63, 3.8) is 0 Å². The highest BCUT2D eigenvalue weighted by molar-refractivity contribution is 5.84. The van der Waals surface area contributed by atoms with Gasteiger partial charge in [0.2, 0.25) is 5.91 Å². The number of carbonyl (C=O) groups excluding carboxylic acids is 1. The second-order valence-electron chi connectivity index (χ2n) is 8.40. The summed E-state index contributed by atoms with van der Waals surface area (Å²) in [7, 11) is 2.17. The van der Waals surface area contributed by atoms with Crippen LogP contribution in [0.1, 0.15) is 42.4 Å². The van der Waals surface area contributed by atoms with Crippen LogP contribution in [0.4, 0.5) is 0 Å². The maximum atomic E-state index is 12.8. The molecule has 3 aromatic rings. The van der Waals surface area contributed by atoms with Crippen LogP contribution in [-0.2, 0) is 24.3 Å². The fourth-order valence-corrected chi connectivity index (χ4v) is 4.81. The Labute approximate surface area is 170 Å². The van der Waals surface area contributed by atoms with Crippen molar-refractivity contribution in [1.29, 1.82) is 0 Å². The van der Waals surface area contributed by atoms with E-state index in [2.05, 4.69) is 43.8 Å². The molecule has 5 rings (SSSR count). The molecule has 0 spiro atoms. The van der Waals surface area contributed by atoms with Crippen LogP contribution in [0.15, 0.2) is 30.5 Å². The highest BCUT2D eigenvalue weighted by atomic mass is 16.2. The van der Waals surface area contributed by atoms with Gasteiger partial charge in [-0.05, 0) is 44.5 Å². The summed E-state index contributed by atoms with van der Waals surface area (Å²) < 4.78 is 2.26. The first-order chi connectivity index (χ1) is 14.2. The Balaban J connectivity index is 1.23. The maximum absolute atomic E-state index is 12.8. The number of hydrogen-bond acceptors (Lipinski definition) is 4. The molecule has 0 aliphatic carbocycles. The van der Waals surface area contributed by atoms with Crippen molar-refractivity contribution in [3.05, 3.63) is 47.7 Å². The summed E-state index contributed by atoms with van der Waals surface area (Å²) in [5, 5.41) is 10.2. The number of H-pyrrole nitrogens is 1. The lowest BCUT2D eigenvalue weighted by Crippen LogP contribution is -2.39. The Hall–Kier alpha value is -2.67. The molecule has 1 saturated heterocycles. The van der Waals surface area contributed by atoms with E-state index in [0.717, 1.165) is 49.8 Å². The van der Waals surface area contributed by atoms with E-state index in [-0.39, 0.29) is 5.91 Å². The second-order valence-corrected chi connectivity index (χ2v) is 8.40. The average Bonchev–Trinajstić information content (AvgIpc) is 3.35. The third-order valence-electron chi connectivity index (χ3n) is 6.41. The summed E-state index contributed by atoms with van der Waals surface area (Å²) in [4.78, 5) is 20.4. The van der Waals surface area contributed by atoms with Gasteiger partial charge in [-0.2, -0.15) is 0 Å². The normalized spacial score (nSPS) is 20.2. The first kappa shape index (κ1) is 18.4. The van der Waals surface area contributed by atoms with Gasteiger partial charge in [0.05, 0.1) is 6.54 Å². The van der Waals surface area contributed by atoms with E-state index in [1.54, 1.807) is 0 Å². The highest BCUT2D eigenvalue weighted by Crippen LogP contribution is 2.27. The first-order valence-electron chi connectivity index (χ1n) is 10.6. The zero-order valence-corrected chi connectivity index (χ0v) is 17.0. The largest absolute Gasteiger partial charge is 0.361 e.